The van der Waals surface area contributed by atoms with Gasteiger partial charge < -0.3 is 8.83 Å². The van der Waals surface area contributed by atoms with Gasteiger partial charge in [-0.15, -0.1) is 11.3 Å². The standard InChI is InChI=1S/C40H24N2O.C40H24N2S.C36H22N2O/c1-2-11-26(12-3-1)39-38-30-15-5-4-10-25(30)20-22-34(38)41-40(42-39)28-14-8-13-27(24-28)29-17-9-18-32-31(29)21-23-36-37(32)33-16-6-7-19-35(33)43-36;1-2-10-26-23-28(20-19-25(26)9-1)39-33-13-3-5-17-35(33)41-40(42-39)29-12-7-11-27(24-29)30-15-8-16-32-31(30)21-22-37-38(32)34-14-4-6-18-36(34)43-37;1-2-10-23(11-3-1)35-29-14-4-6-18-31(29)37-36(38-35)25-13-8-12-24(22-25)26-16-9-17-28-27(26)20-21-33-34(28)30-15-5-7-19-32(30)39-33/h2*1-24H;1-22H. The van der Waals surface area contributed by atoms with Crippen molar-refractivity contribution in [3.63, 3.8) is 0 Å². The Hall–Kier alpha value is -16.5. The van der Waals surface area contributed by atoms with Crippen LogP contribution in [0.2, 0.25) is 0 Å². The van der Waals surface area contributed by atoms with Crippen molar-refractivity contribution in [1.29, 1.82) is 0 Å². The molecule has 0 radical (unpaired) electrons. The van der Waals surface area contributed by atoms with Crippen molar-refractivity contribution in [3.05, 3.63) is 425 Å². The van der Waals surface area contributed by atoms with E-state index in [1.54, 1.807) is 0 Å². The zero-order chi connectivity index (χ0) is 82.4. The van der Waals surface area contributed by atoms with Gasteiger partial charge in [-0.3, -0.25) is 0 Å². The van der Waals surface area contributed by atoms with Gasteiger partial charge in [-0.2, -0.15) is 0 Å². The number of furan rings is 2. The largest absolute Gasteiger partial charge is 0.456 e. The molecule has 0 spiro atoms. The maximum Gasteiger partial charge on any atom is 0.160 e. The molecule has 26 rings (SSSR count). The van der Waals surface area contributed by atoms with Gasteiger partial charge in [0.1, 0.15) is 22.3 Å². The summed E-state index contributed by atoms with van der Waals surface area (Å²) in [5.41, 5.74) is 22.5. The third-order valence-electron chi connectivity index (χ3n) is 24.4. The fraction of sp³-hybridized carbons (Fsp3) is 0. The Morgan fingerprint density at radius 3 is 1.10 bits per heavy atom. The van der Waals surface area contributed by atoms with E-state index < -0.39 is 0 Å². The van der Waals surface area contributed by atoms with E-state index in [0.717, 1.165) is 161 Å². The molecule has 0 fully saturated rings. The number of aromatic nitrogens is 6. The van der Waals surface area contributed by atoms with Crippen LogP contribution in [0.4, 0.5) is 0 Å². The molecule has 9 heteroatoms. The van der Waals surface area contributed by atoms with Crippen molar-refractivity contribution in [1.82, 2.24) is 29.9 Å². The van der Waals surface area contributed by atoms with E-state index in [4.69, 9.17) is 38.7 Å². The highest BCUT2D eigenvalue weighted by Gasteiger charge is 2.22. The Kier molecular flexibility index (Phi) is 17.6. The SMILES string of the molecule is c1cc(-c2nc(-c3ccc4ccccc4c3)c3ccccc3n2)cc(-c2cccc3c2ccc2sc4ccccc4c23)c1.c1ccc(-c2nc(-c3cccc(-c4cccc5c4ccc4oc6ccccc6c45)c3)nc3ccc4ccccc4c23)cc1.c1ccc(-c2nc(-c3cccc(-c4cccc5c4ccc4oc6ccccc6c45)c3)nc3ccccc23)cc1. The van der Waals surface area contributed by atoms with Crippen LogP contribution >= 0.6 is 11.3 Å². The number of hydrogen-bond acceptors (Lipinski definition) is 9. The first kappa shape index (κ1) is 72.5. The zero-order valence-corrected chi connectivity index (χ0v) is 68.1. The van der Waals surface area contributed by atoms with Gasteiger partial charge in [-0.1, -0.05) is 346 Å². The molecule has 0 saturated heterocycles. The highest BCUT2D eigenvalue weighted by molar-refractivity contribution is 7.26. The normalized spacial score (nSPS) is 11.7. The second-order valence-corrected chi connectivity index (χ2v) is 32.8. The smallest absolute Gasteiger partial charge is 0.160 e. The second-order valence-electron chi connectivity index (χ2n) is 31.8. The molecule has 0 aliphatic rings. The van der Waals surface area contributed by atoms with Gasteiger partial charge in [0.15, 0.2) is 17.5 Å². The summed E-state index contributed by atoms with van der Waals surface area (Å²) in [7, 11) is 0. The monoisotopic (exact) mass is 1610 g/mol. The summed E-state index contributed by atoms with van der Waals surface area (Å²) >= 11 is 1.86. The number of hydrogen-bond donors (Lipinski definition) is 0. The minimum absolute atomic E-state index is 0.715. The van der Waals surface area contributed by atoms with E-state index >= 15 is 0 Å². The summed E-state index contributed by atoms with van der Waals surface area (Å²) in [6.07, 6.45) is 0. The van der Waals surface area contributed by atoms with Gasteiger partial charge in [0.05, 0.1) is 33.6 Å². The molecule has 0 unspecified atom stereocenters. The van der Waals surface area contributed by atoms with Crippen LogP contribution in [0.1, 0.15) is 0 Å². The molecule has 0 aliphatic carbocycles. The van der Waals surface area contributed by atoms with Gasteiger partial charge in [0.2, 0.25) is 0 Å². The van der Waals surface area contributed by atoms with Crippen LogP contribution < -0.4 is 0 Å². The predicted octanol–water partition coefficient (Wildman–Crippen LogP) is 31.8. The molecule has 0 atom stereocenters. The first-order chi connectivity index (χ1) is 61.9. The van der Waals surface area contributed by atoms with E-state index in [2.05, 4.69) is 358 Å². The maximum absolute atomic E-state index is 6.18. The summed E-state index contributed by atoms with van der Waals surface area (Å²) in [6, 6.07) is 149. The first-order valence-corrected chi connectivity index (χ1v) is 42.9. The van der Waals surface area contributed by atoms with Crippen LogP contribution in [-0.2, 0) is 0 Å². The van der Waals surface area contributed by atoms with Crippen LogP contribution in [0.5, 0.6) is 0 Å². The Labute approximate surface area is 721 Å². The Morgan fingerprint density at radius 2 is 0.552 bits per heavy atom. The number of rotatable bonds is 9. The van der Waals surface area contributed by atoms with Gasteiger partial charge in [0, 0.05) is 91.3 Å². The summed E-state index contributed by atoms with van der Waals surface area (Å²) in [4.78, 5) is 30.7. The molecule has 0 saturated carbocycles. The molecule has 0 N–H and O–H groups in total. The first-order valence-electron chi connectivity index (χ1n) is 42.1. The molecule has 20 aromatic carbocycles. The van der Waals surface area contributed by atoms with Gasteiger partial charge in [-0.25, -0.2) is 29.9 Å². The summed E-state index contributed by atoms with van der Waals surface area (Å²) < 4.78 is 15.0. The molecule has 125 heavy (non-hydrogen) atoms. The molecular weight excluding hydrogens is 1540 g/mol. The van der Waals surface area contributed by atoms with Crippen molar-refractivity contribution in [2.75, 3.05) is 0 Å². The highest BCUT2D eigenvalue weighted by Crippen LogP contribution is 2.46. The van der Waals surface area contributed by atoms with Crippen molar-refractivity contribution in [3.8, 4) is 101 Å². The third kappa shape index (κ3) is 12.8. The predicted molar refractivity (Wildman–Crippen MR) is 523 cm³/mol. The van der Waals surface area contributed by atoms with E-state index in [1.807, 2.05) is 78.1 Å². The molecule has 6 aromatic heterocycles. The fourth-order valence-corrected chi connectivity index (χ4v) is 19.7. The number of para-hydroxylation sites is 4. The number of nitrogens with zero attached hydrogens (tertiary/aromatic N) is 6. The molecule has 26 aromatic rings. The summed E-state index contributed by atoms with van der Waals surface area (Å²) in [6.45, 7) is 0. The summed E-state index contributed by atoms with van der Waals surface area (Å²) in [5.74, 6) is 2.17. The van der Waals surface area contributed by atoms with Crippen LogP contribution in [0.15, 0.2) is 433 Å². The lowest BCUT2D eigenvalue weighted by atomic mass is 9.94. The van der Waals surface area contributed by atoms with Crippen molar-refractivity contribution in [2.24, 2.45) is 0 Å². The lowest BCUT2D eigenvalue weighted by Gasteiger charge is -2.13. The van der Waals surface area contributed by atoms with Crippen molar-refractivity contribution < 1.29 is 8.83 Å². The maximum atomic E-state index is 6.18. The fourth-order valence-electron chi connectivity index (χ4n) is 18.6. The number of fused-ring (bicyclic) bond motifs is 21. The van der Waals surface area contributed by atoms with E-state index in [0.29, 0.717) is 5.82 Å². The van der Waals surface area contributed by atoms with Crippen molar-refractivity contribution >= 4 is 162 Å². The number of thiophene rings is 1. The average molecular weight is 1610 g/mol. The molecule has 0 amide bonds. The zero-order valence-electron chi connectivity index (χ0n) is 67.3. The lowest BCUT2D eigenvalue weighted by Crippen LogP contribution is -1.96. The van der Waals surface area contributed by atoms with Crippen LogP contribution in [0, 0.1) is 0 Å². The average Bonchev–Trinajstić information content (AvgIpc) is 1.62. The van der Waals surface area contributed by atoms with Gasteiger partial charge in [0.25, 0.3) is 0 Å². The second kappa shape index (κ2) is 30.4. The summed E-state index contributed by atoms with van der Waals surface area (Å²) in [5, 5.41) is 22.5. The van der Waals surface area contributed by atoms with E-state index in [9.17, 15) is 0 Å². The van der Waals surface area contributed by atoms with Crippen LogP contribution in [0.3, 0.4) is 0 Å². The van der Waals surface area contributed by atoms with Gasteiger partial charge >= 0.3 is 0 Å². The quantitative estimate of drug-likeness (QED) is 0.132. The van der Waals surface area contributed by atoms with Gasteiger partial charge in [-0.05, 0) is 166 Å². The number of benzene rings is 20. The molecular formula is C116H70N6O2S. The molecule has 582 valence electrons. The van der Waals surface area contributed by atoms with Crippen molar-refractivity contribution in [2.45, 2.75) is 0 Å². The van der Waals surface area contributed by atoms with Crippen LogP contribution in [-0.4, -0.2) is 29.9 Å². The Balaban J connectivity index is 0.000000105. The Morgan fingerprint density at radius 1 is 0.168 bits per heavy atom. The molecule has 0 bridgehead atoms. The minimum Gasteiger partial charge on any atom is -0.456 e. The highest BCUT2D eigenvalue weighted by atomic mass is 32.1. The topological polar surface area (TPSA) is 104 Å². The van der Waals surface area contributed by atoms with E-state index in [-0.39, 0.29) is 0 Å². The molecule has 8 nitrogen and oxygen atoms in total. The van der Waals surface area contributed by atoms with E-state index in [1.165, 1.54) is 85.3 Å². The lowest BCUT2D eigenvalue weighted by molar-refractivity contribution is 0.669. The minimum atomic E-state index is 0.715. The third-order valence-corrected chi connectivity index (χ3v) is 25.5. The molecule has 6 heterocycles. The molecule has 0 aliphatic heterocycles. The van der Waals surface area contributed by atoms with Crippen LogP contribution in [0.25, 0.3) is 252 Å². The Bertz CT molecular complexity index is 8840.